The summed E-state index contributed by atoms with van der Waals surface area (Å²) in [7, 11) is 1.58. The fourth-order valence-corrected chi connectivity index (χ4v) is 3.30. The number of nitrogens with one attached hydrogen (secondary N) is 2. The van der Waals surface area contributed by atoms with Crippen LogP contribution in [-0.4, -0.2) is 42.8 Å². The molecule has 152 valence electrons. The van der Waals surface area contributed by atoms with Crippen molar-refractivity contribution in [1.82, 2.24) is 4.90 Å². The number of benzene rings is 2. The van der Waals surface area contributed by atoms with Crippen LogP contribution >= 0.6 is 0 Å². The molecule has 1 aliphatic rings. The first-order valence-electron chi connectivity index (χ1n) is 9.58. The minimum Gasteiger partial charge on any atom is -0.497 e. The molecule has 0 radical (unpaired) electrons. The molecule has 3 rings (SSSR count). The van der Waals surface area contributed by atoms with Gasteiger partial charge in [-0.2, -0.15) is 0 Å². The van der Waals surface area contributed by atoms with Gasteiger partial charge in [0.25, 0.3) is 5.91 Å². The highest BCUT2D eigenvalue weighted by molar-refractivity contribution is 6.04. The number of piperidine rings is 1. The molecule has 7 heteroatoms. The van der Waals surface area contributed by atoms with Crippen LogP contribution in [-0.2, 0) is 9.59 Å². The van der Waals surface area contributed by atoms with Gasteiger partial charge in [-0.05, 0) is 61.4 Å². The van der Waals surface area contributed by atoms with Crippen molar-refractivity contribution in [3.63, 3.8) is 0 Å². The third-order valence-electron chi connectivity index (χ3n) is 5.00. The number of nitrogens with zero attached hydrogens (tertiary/aromatic N) is 1. The summed E-state index contributed by atoms with van der Waals surface area (Å²) >= 11 is 0. The van der Waals surface area contributed by atoms with Crippen LogP contribution in [0.2, 0.25) is 0 Å². The van der Waals surface area contributed by atoms with Crippen LogP contribution in [0.3, 0.4) is 0 Å². The largest absolute Gasteiger partial charge is 0.497 e. The number of methoxy groups -OCH3 is 1. The first-order chi connectivity index (χ1) is 14.0. The third-order valence-corrected chi connectivity index (χ3v) is 5.00. The van der Waals surface area contributed by atoms with Gasteiger partial charge in [-0.15, -0.1) is 0 Å². The minimum atomic E-state index is -0.238. The SMILES string of the molecule is COc1ccc(NC(=O)c2ccc(NC(=O)C3CCCN(C(C)=O)C3)cc2)cc1. The van der Waals surface area contributed by atoms with E-state index in [4.69, 9.17) is 4.74 Å². The van der Waals surface area contributed by atoms with Crippen molar-refractivity contribution < 1.29 is 19.1 Å². The van der Waals surface area contributed by atoms with Gasteiger partial charge in [0.2, 0.25) is 11.8 Å². The second-order valence-electron chi connectivity index (χ2n) is 7.05. The van der Waals surface area contributed by atoms with Crippen LogP contribution in [0.25, 0.3) is 0 Å². The fraction of sp³-hybridized carbons (Fsp3) is 0.318. The van der Waals surface area contributed by atoms with E-state index in [9.17, 15) is 14.4 Å². The van der Waals surface area contributed by atoms with Crippen LogP contribution < -0.4 is 15.4 Å². The van der Waals surface area contributed by atoms with E-state index in [0.29, 0.717) is 35.8 Å². The van der Waals surface area contributed by atoms with Gasteiger partial charge in [-0.1, -0.05) is 0 Å². The average molecular weight is 395 g/mol. The molecule has 0 aromatic heterocycles. The molecule has 7 nitrogen and oxygen atoms in total. The zero-order valence-corrected chi connectivity index (χ0v) is 16.6. The average Bonchev–Trinajstić information content (AvgIpc) is 2.74. The molecule has 2 aromatic carbocycles. The normalized spacial score (nSPS) is 16.1. The molecule has 3 amide bonds. The smallest absolute Gasteiger partial charge is 0.255 e. The monoisotopic (exact) mass is 395 g/mol. The second-order valence-corrected chi connectivity index (χ2v) is 7.05. The molecule has 1 heterocycles. The molecule has 0 saturated carbocycles. The molecule has 0 spiro atoms. The summed E-state index contributed by atoms with van der Waals surface area (Å²) in [6.45, 7) is 2.68. The fourth-order valence-electron chi connectivity index (χ4n) is 3.30. The maximum Gasteiger partial charge on any atom is 0.255 e. The Hall–Kier alpha value is -3.35. The number of ether oxygens (including phenoxy) is 1. The van der Waals surface area contributed by atoms with Crippen LogP contribution in [0.4, 0.5) is 11.4 Å². The lowest BCUT2D eigenvalue weighted by Crippen LogP contribution is -2.42. The molecule has 0 bridgehead atoms. The maximum absolute atomic E-state index is 12.5. The highest BCUT2D eigenvalue weighted by Crippen LogP contribution is 2.20. The van der Waals surface area contributed by atoms with Crippen molar-refractivity contribution in [2.75, 3.05) is 30.8 Å². The number of hydrogen-bond acceptors (Lipinski definition) is 4. The Kier molecular flexibility index (Phi) is 6.49. The van der Waals surface area contributed by atoms with Gasteiger partial charge in [-0.3, -0.25) is 14.4 Å². The number of amides is 3. The Labute approximate surface area is 170 Å². The van der Waals surface area contributed by atoms with Gasteiger partial charge in [0.1, 0.15) is 5.75 Å². The lowest BCUT2D eigenvalue weighted by atomic mass is 9.97. The Morgan fingerprint density at radius 2 is 1.59 bits per heavy atom. The van der Waals surface area contributed by atoms with E-state index >= 15 is 0 Å². The van der Waals surface area contributed by atoms with Gasteiger partial charge in [0.15, 0.2) is 0 Å². The van der Waals surface area contributed by atoms with Crippen LogP contribution in [0.15, 0.2) is 48.5 Å². The zero-order chi connectivity index (χ0) is 20.8. The third kappa shape index (κ3) is 5.34. The first kappa shape index (κ1) is 20.4. The summed E-state index contributed by atoms with van der Waals surface area (Å²) in [5.74, 6) is 0.150. The van der Waals surface area contributed by atoms with E-state index in [2.05, 4.69) is 10.6 Å². The van der Waals surface area contributed by atoms with Gasteiger partial charge in [0.05, 0.1) is 13.0 Å². The standard InChI is InChI=1S/C22H25N3O4/c1-15(26)25-13-3-4-17(14-25)22(28)24-18-7-5-16(6-8-18)21(27)23-19-9-11-20(29-2)12-10-19/h5-12,17H,3-4,13-14H2,1-2H3,(H,23,27)(H,24,28). The predicted molar refractivity (Wildman–Crippen MR) is 111 cm³/mol. The lowest BCUT2D eigenvalue weighted by Gasteiger charge is -2.31. The van der Waals surface area contributed by atoms with E-state index in [1.54, 1.807) is 60.5 Å². The van der Waals surface area contributed by atoms with Crippen molar-refractivity contribution in [1.29, 1.82) is 0 Å². The summed E-state index contributed by atoms with van der Waals surface area (Å²) < 4.78 is 5.10. The summed E-state index contributed by atoms with van der Waals surface area (Å²) in [6, 6.07) is 13.8. The quantitative estimate of drug-likeness (QED) is 0.814. The molecule has 2 aromatic rings. The van der Waals surface area contributed by atoms with Crippen molar-refractivity contribution in [3.05, 3.63) is 54.1 Å². The maximum atomic E-state index is 12.5. The van der Waals surface area contributed by atoms with Gasteiger partial charge < -0.3 is 20.3 Å². The molecule has 1 unspecified atom stereocenters. The second kappa shape index (κ2) is 9.23. The van der Waals surface area contributed by atoms with Crippen LogP contribution in [0.1, 0.15) is 30.1 Å². The number of carbonyl (C=O) groups is 3. The molecule has 1 aliphatic heterocycles. The number of carbonyl (C=O) groups excluding carboxylic acids is 3. The molecule has 1 fully saturated rings. The summed E-state index contributed by atoms with van der Waals surface area (Å²) in [5.41, 5.74) is 1.77. The number of anilines is 2. The highest BCUT2D eigenvalue weighted by Gasteiger charge is 2.27. The molecule has 0 aliphatic carbocycles. The number of likely N-dealkylation sites (tertiary alicyclic amines) is 1. The molecule has 29 heavy (non-hydrogen) atoms. The van der Waals surface area contributed by atoms with E-state index in [0.717, 1.165) is 12.8 Å². The first-order valence-corrected chi connectivity index (χ1v) is 9.58. The van der Waals surface area contributed by atoms with E-state index in [1.165, 1.54) is 6.92 Å². The number of hydrogen-bond donors (Lipinski definition) is 2. The zero-order valence-electron chi connectivity index (χ0n) is 16.6. The Bertz CT molecular complexity index is 878. The summed E-state index contributed by atoms with van der Waals surface area (Å²) in [6.07, 6.45) is 1.58. The van der Waals surface area contributed by atoms with Crippen LogP contribution in [0, 0.1) is 5.92 Å². The van der Waals surface area contributed by atoms with E-state index in [-0.39, 0.29) is 23.6 Å². The van der Waals surface area contributed by atoms with Crippen LogP contribution in [0.5, 0.6) is 5.75 Å². The molecule has 2 N–H and O–H groups in total. The number of rotatable bonds is 5. The van der Waals surface area contributed by atoms with E-state index < -0.39 is 0 Å². The van der Waals surface area contributed by atoms with Gasteiger partial charge in [0, 0.05) is 37.0 Å². The topological polar surface area (TPSA) is 87.7 Å². The molecular formula is C22H25N3O4. The van der Waals surface area contributed by atoms with Gasteiger partial charge in [-0.25, -0.2) is 0 Å². The van der Waals surface area contributed by atoms with E-state index in [1.807, 2.05) is 0 Å². The van der Waals surface area contributed by atoms with Crippen molar-refractivity contribution in [2.45, 2.75) is 19.8 Å². The predicted octanol–water partition coefficient (Wildman–Crippen LogP) is 3.14. The molecule has 1 atom stereocenters. The minimum absolute atomic E-state index is 0.00488. The summed E-state index contributed by atoms with van der Waals surface area (Å²) in [4.78, 5) is 38.1. The highest BCUT2D eigenvalue weighted by atomic mass is 16.5. The lowest BCUT2D eigenvalue weighted by molar-refractivity contribution is -0.132. The molecule has 1 saturated heterocycles. The van der Waals surface area contributed by atoms with Crippen molar-refractivity contribution in [2.24, 2.45) is 5.92 Å². The Balaban J connectivity index is 1.57. The molecular weight excluding hydrogens is 370 g/mol. The Morgan fingerprint density at radius 3 is 2.21 bits per heavy atom. The van der Waals surface area contributed by atoms with Crippen molar-refractivity contribution in [3.8, 4) is 5.75 Å². The van der Waals surface area contributed by atoms with Gasteiger partial charge >= 0.3 is 0 Å². The Morgan fingerprint density at radius 1 is 0.966 bits per heavy atom. The summed E-state index contributed by atoms with van der Waals surface area (Å²) in [5, 5.41) is 5.69. The van der Waals surface area contributed by atoms with Crippen molar-refractivity contribution >= 4 is 29.1 Å².